The van der Waals surface area contributed by atoms with Gasteiger partial charge in [0.25, 0.3) is 5.91 Å². The van der Waals surface area contributed by atoms with Crippen molar-refractivity contribution in [1.29, 1.82) is 5.41 Å². The van der Waals surface area contributed by atoms with Gasteiger partial charge in [-0.05, 0) is 49.3 Å². The third-order valence-electron chi connectivity index (χ3n) is 5.21. The first kappa shape index (κ1) is 19.6. The lowest BCUT2D eigenvalue weighted by atomic mass is 9.82. The van der Waals surface area contributed by atoms with E-state index in [-0.39, 0.29) is 30.2 Å². The molecule has 0 aliphatic heterocycles. The number of amides is 2. The smallest absolute Gasteiger partial charge is 0.251 e. The number of hydrogen-bond donors (Lipinski definition) is 4. The molecule has 3 rings (SSSR count). The molecule has 146 valence electrons. The van der Waals surface area contributed by atoms with E-state index in [0.29, 0.717) is 17.0 Å². The lowest BCUT2D eigenvalue weighted by molar-refractivity contribution is -0.121. The van der Waals surface area contributed by atoms with E-state index in [1.165, 1.54) is 5.56 Å². The summed E-state index contributed by atoms with van der Waals surface area (Å²) in [6.45, 7) is -0.0677. The highest BCUT2D eigenvalue weighted by Crippen LogP contribution is 2.32. The third kappa shape index (κ3) is 5.19. The van der Waals surface area contributed by atoms with Gasteiger partial charge in [-0.15, -0.1) is 0 Å². The summed E-state index contributed by atoms with van der Waals surface area (Å²) in [5, 5.41) is 13.1. The van der Waals surface area contributed by atoms with Crippen LogP contribution >= 0.6 is 0 Å². The van der Waals surface area contributed by atoms with Gasteiger partial charge in [0.05, 0.1) is 6.54 Å². The third-order valence-corrected chi connectivity index (χ3v) is 5.21. The van der Waals surface area contributed by atoms with Crippen molar-refractivity contribution in [2.24, 2.45) is 5.73 Å². The van der Waals surface area contributed by atoms with E-state index in [2.05, 4.69) is 34.9 Å². The molecule has 28 heavy (non-hydrogen) atoms. The van der Waals surface area contributed by atoms with Crippen molar-refractivity contribution in [2.75, 3.05) is 6.54 Å². The number of amidine groups is 1. The molecule has 0 heterocycles. The zero-order chi connectivity index (χ0) is 19.9. The molecule has 5 N–H and O–H groups in total. The zero-order valence-electron chi connectivity index (χ0n) is 15.8. The van der Waals surface area contributed by atoms with Gasteiger partial charge in [-0.2, -0.15) is 0 Å². The first-order valence-electron chi connectivity index (χ1n) is 9.60. The fourth-order valence-electron chi connectivity index (χ4n) is 3.67. The summed E-state index contributed by atoms with van der Waals surface area (Å²) in [7, 11) is 0. The monoisotopic (exact) mass is 378 g/mol. The van der Waals surface area contributed by atoms with Crippen molar-refractivity contribution in [3.8, 4) is 0 Å². The van der Waals surface area contributed by atoms with Gasteiger partial charge in [-0.3, -0.25) is 15.0 Å². The maximum absolute atomic E-state index is 12.2. The molecule has 1 aliphatic rings. The molecular formula is C22H26N4O2. The summed E-state index contributed by atoms with van der Waals surface area (Å²) in [5.41, 5.74) is 7.67. The molecule has 0 unspecified atom stereocenters. The second kappa shape index (κ2) is 9.17. The Morgan fingerprint density at radius 3 is 2.32 bits per heavy atom. The largest absolute Gasteiger partial charge is 0.384 e. The maximum Gasteiger partial charge on any atom is 0.251 e. The van der Waals surface area contributed by atoms with Gasteiger partial charge < -0.3 is 16.4 Å². The van der Waals surface area contributed by atoms with Gasteiger partial charge in [0.2, 0.25) is 5.91 Å². The Labute approximate surface area is 165 Å². The molecule has 0 saturated heterocycles. The number of carbonyl (C=O) groups is 2. The topological polar surface area (TPSA) is 108 Å². The van der Waals surface area contributed by atoms with Crippen LogP contribution in [0.1, 0.15) is 53.1 Å². The summed E-state index contributed by atoms with van der Waals surface area (Å²) < 4.78 is 0. The van der Waals surface area contributed by atoms with Gasteiger partial charge >= 0.3 is 0 Å². The van der Waals surface area contributed by atoms with Gasteiger partial charge in [-0.1, -0.05) is 42.5 Å². The van der Waals surface area contributed by atoms with E-state index in [1.807, 2.05) is 6.07 Å². The van der Waals surface area contributed by atoms with Crippen molar-refractivity contribution in [2.45, 2.75) is 37.6 Å². The van der Waals surface area contributed by atoms with Crippen LogP contribution in [0, 0.1) is 5.41 Å². The molecule has 1 fully saturated rings. The van der Waals surface area contributed by atoms with Crippen molar-refractivity contribution in [1.82, 2.24) is 10.6 Å². The van der Waals surface area contributed by atoms with Crippen LogP contribution < -0.4 is 16.4 Å². The van der Waals surface area contributed by atoms with Crippen LogP contribution in [0.3, 0.4) is 0 Å². The average Bonchev–Trinajstić information content (AvgIpc) is 2.73. The molecule has 1 aliphatic carbocycles. The van der Waals surface area contributed by atoms with E-state index < -0.39 is 0 Å². The molecule has 6 nitrogen and oxygen atoms in total. The normalized spacial score (nSPS) is 18.9. The Hall–Kier alpha value is -3.15. The quantitative estimate of drug-likeness (QED) is 0.458. The summed E-state index contributed by atoms with van der Waals surface area (Å²) in [6.07, 6.45) is 4.00. The van der Waals surface area contributed by atoms with Crippen LogP contribution in [0.25, 0.3) is 0 Å². The maximum atomic E-state index is 12.2. The van der Waals surface area contributed by atoms with Gasteiger partial charge in [-0.25, -0.2) is 0 Å². The van der Waals surface area contributed by atoms with E-state index in [1.54, 1.807) is 24.3 Å². The zero-order valence-corrected chi connectivity index (χ0v) is 15.8. The van der Waals surface area contributed by atoms with Crippen molar-refractivity contribution in [3.63, 3.8) is 0 Å². The molecule has 1 saturated carbocycles. The fraction of sp³-hybridized carbons (Fsp3) is 0.318. The van der Waals surface area contributed by atoms with E-state index in [9.17, 15) is 9.59 Å². The second-order valence-corrected chi connectivity index (χ2v) is 7.20. The molecule has 0 spiro atoms. The van der Waals surface area contributed by atoms with Gasteiger partial charge in [0.15, 0.2) is 0 Å². The van der Waals surface area contributed by atoms with Crippen LogP contribution in [-0.2, 0) is 4.79 Å². The van der Waals surface area contributed by atoms with E-state index >= 15 is 0 Å². The number of nitrogens with one attached hydrogen (secondary N) is 3. The highest BCUT2D eigenvalue weighted by molar-refractivity contribution is 6.00. The Morgan fingerprint density at radius 2 is 1.64 bits per heavy atom. The Bertz CT molecular complexity index is 843. The average molecular weight is 378 g/mol. The number of nitrogen functional groups attached to an aromatic ring is 1. The predicted octanol–water partition coefficient (Wildman–Crippen LogP) is 2.54. The minimum atomic E-state index is -0.356. The molecule has 0 bridgehead atoms. The van der Waals surface area contributed by atoms with Crippen LogP contribution in [0.15, 0.2) is 54.6 Å². The highest BCUT2D eigenvalue weighted by Gasteiger charge is 2.23. The first-order valence-corrected chi connectivity index (χ1v) is 9.60. The fourth-order valence-corrected chi connectivity index (χ4v) is 3.67. The van der Waals surface area contributed by atoms with E-state index in [0.717, 1.165) is 25.7 Å². The Morgan fingerprint density at radius 1 is 0.964 bits per heavy atom. The molecule has 0 radical (unpaired) electrons. The van der Waals surface area contributed by atoms with Crippen molar-refractivity contribution in [3.05, 3.63) is 71.3 Å². The minimum absolute atomic E-state index is 0.0677. The number of carbonyl (C=O) groups excluding carboxylic acids is 2. The number of benzene rings is 2. The standard InChI is InChI=1S/C22H26N4O2/c23-21(24)17-7-4-8-18(13-17)22(28)25-14-20(27)26-19-11-9-16(10-12-19)15-5-2-1-3-6-15/h1-8,13,16,19H,9-12,14H2,(H3,23,24)(H,25,28)(H,26,27). The summed E-state index contributed by atoms with van der Waals surface area (Å²) in [6, 6.07) is 17.2. The number of hydrogen-bond acceptors (Lipinski definition) is 3. The van der Waals surface area contributed by atoms with Crippen LogP contribution in [0.2, 0.25) is 0 Å². The van der Waals surface area contributed by atoms with Crippen molar-refractivity contribution < 1.29 is 9.59 Å². The predicted molar refractivity (Wildman–Crippen MR) is 109 cm³/mol. The molecular weight excluding hydrogens is 352 g/mol. The van der Waals surface area contributed by atoms with Crippen LogP contribution in [0.5, 0.6) is 0 Å². The van der Waals surface area contributed by atoms with Crippen LogP contribution in [0.4, 0.5) is 0 Å². The summed E-state index contributed by atoms with van der Waals surface area (Å²) in [4.78, 5) is 24.4. The Balaban J connectivity index is 1.43. The second-order valence-electron chi connectivity index (χ2n) is 7.20. The summed E-state index contributed by atoms with van der Waals surface area (Å²) >= 11 is 0. The molecule has 0 atom stereocenters. The highest BCUT2D eigenvalue weighted by atomic mass is 16.2. The lowest BCUT2D eigenvalue weighted by Crippen LogP contribution is -2.43. The summed E-state index contributed by atoms with van der Waals surface area (Å²) in [5.74, 6) is -0.0774. The van der Waals surface area contributed by atoms with Gasteiger partial charge in [0, 0.05) is 17.2 Å². The van der Waals surface area contributed by atoms with Crippen LogP contribution in [-0.4, -0.2) is 30.2 Å². The Kier molecular flexibility index (Phi) is 6.42. The lowest BCUT2D eigenvalue weighted by Gasteiger charge is -2.29. The SMILES string of the molecule is N=C(N)c1cccc(C(=O)NCC(=O)NC2CCC(c3ccccc3)CC2)c1. The molecule has 2 amide bonds. The minimum Gasteiger partial charge on any atom is -0.384 e. The molecule has 2 aromatic rings. The van der Waals surface area contributed by atoms with E-state index in [4.69, 9.17) is 11.1 Å². The first-order chi connectivity index (χ1) is 13.5. The molecule has 6 heteroatoms. The molecule has 2 aromatic carbocycles. The number of nitrogens with two attached hydrogens (primary N) is 1. The van der Waals surface area contributed by atoms with Gasteiger partial charge in [0.1, 0.15) is 5.84 Å². The van der Waals surface area contributed by atoms with Crippen molar-refractivity contribution >= 4 is 17.6 Å². The molecule has 0 aromatic heterocycles. The number of rotatable bonds is 6.